The number of aliphatic carboxylic acids is 1. The largest absolute Gasteiger partial charge is 0.479 e. The summed E-state index contributed by atoms with van der Waals surface area (Å²) >= 11 is 3.44. The van der Waals surface area contributed by atoms with Gasteiger partial charge in [-0.2, -0.15) is 0 Å². The van der Waals surface area contributed by atoms with Gasteiger partial charge < -0.3 is 10.0 Å². The first-order valence-corrected chi connectivity index (χ1v) is 7.60. The van der Waals surface area contributed by atoms with Gasteiger partial charge in [0.1, 0.15) is 5.54 Å². The molecule has 1 atom stereocenters. The van der Waals surface area contributed by atoms with Crippen LogP contribution >= 0.6 is 15.9 Å². The summed E-state index contributed by atoms with van der Waals surface area (Å²) in [5, 5.41) is 9.74. The third-order valence-corrected chi connectivity index (χ3v) is 4.90. The molecule has 2 aliphatic carbocycles. The van der Waals surface area contributed by atoms with Crippen molar-refractivity contribution >= 4 is 28.3 Å². The van der Waals surface area contributed by atoms with Crippen molar-refractivity contribution in [3.05, 3.63) is 33.8 Å². The zero-order chi connectivity index (χ0) is 14.3. The fraction of sp³-hybridized carbons (Fsp3) is 0.467. The summed E-state index contributed by atoms with van der Waals surface area (Å²) in [6.07, 6.45) is 4.15. The Balaban J connectivity index is 1.99. The normalized spacial score (nSPS) is 24.9. The Bertz CT molecular complexity index is 570. The van der Waals surface area contributed by atoms with Crippen molar-refractivity contribution in [2.24, 2.45) is 0 Å². The average Bonchev–Trinajstić information content (AvgIpc) is 3.24. The van der Waals surface area contributed by atoms with Gasteiger partial charge in [0.15, 0.2) is 0 Å². The van der Waals surface area contributed by atoms with E-state index in [1.54, 1.807) is 4.90 Å². The molecule has 0 aromatic heterocycles. The zero-order valence-corrected chi connectivity index (χ0v) is 12.6. The van der Waals surface area contributed by atoms with Crippen LogP contribution in [0.2, 0.25) is 0 Å². The molecule has 0 bridgehead atoms. The number of carbonyl (C=O) groups is 2. The molecule has 1 fully saturated rings. The first-order chi connectivity index (χ1) is 9.56. The lowest BCUT2D eigenvalue weighted by molar-refractivity contribution is -0.157. The predicted octanol–water partition coefficient (Wildman–Crippen LogP) is 2.38. The second-order valence-corrected chi connectivity index (χ2v) is 6.59. The van der Waals surface area contributed by atoms with Gasteiger partial charge in [-0.15, -0.1) is 0 Å². The monoisotopic (exact) mass is 337 g/mol. The Morgan fingerprint density at radius 2 is 2.15 bits per heavy atom. The van der Waals surface area contributed by atoms with Crippen LogP contribution in [0, 0.1) is 0 Å². The van der Waals surface area contributed by atoms with E-state index in [9.17, 15) is 14.7 Å². The van der Waals surface area contributed by atoms with Crippen molar-refractivity contribution < 1.29 is 14.7 Å². The summed E-state index contributed by atoms with van der Waals surface area (Å²) in [5.41, 5.74) is 1.15. The molecule has 20 heavy (non-hydrogen) atoms. The van der Waals surface area contributed by atoms with Crippen LogP contribution < -0.4 is 0 Å². The highest BCUT2D eigenvalue weighted by Gasteiger charge is 2.50. The summed E-state index contributed by atoms with van der Waals surface area (Å²) < 4.78 is 1.01. The van der Waals surface area contributed by atoms with Gasteiger partial charge in [-0.25, -0.2) is 4.79 Å². The molecule has 2 aliphatic rings. The molecule has 5 heteroatoms. The van der Waals surface area contributed by atoms with Crippen LogP contribution in [0.25, 0.3) is 0 Å². The van der Waals surface area contributed by atoms with E-state index in [0.29, 0.717) is 19.3 Å². The minimum Gasteiger partial charge on any atom is -0.479 e. The van der Waals surface area contributed by atoms with Crippen LogP contribution in [-0.2, 0) is 22.4 Å². The molecule has 1 unspecified atom stereocenters. The molecule has 1 amide bonds. The van der Waals surface area contributed by atoms with Gasteiger partial charge >= 0.3 is 5.97 Å². The Kier molecular flexibility index (Phi) is 3.32. The number of carboxylic acids is 1. The molecule has 4 nitrogen and oxygen atoms in total. The van der Waals surface area contributed by atoms with E-state index in [-0.39, 0.29) is 6.04 Å². The van der Waals surface area contributed by atoms with E-state index in [1.165, 1.54) is 5.56 Å². The van der Waals surface area contributed by atoms with E-state index >= 15 is 0 Å². The first kappa shape index (κ1) is 13.6. The molecule has 1 saturated carbocycles. The molecule has 1 N–H and O–H groups in total. The standard InChI is InChI=1S/C15H16BrNO3/c16-12-2-1-11-8-15(14(19)20,6-5-10(11)7-12)17(9-18)13-3-4-13/h1-2,7,9,13H,3-6,8H2,(H,19,20). The first-order valence-electron chi connectivity index (χ1n) is 6.81. The van der Waals surface area contributed by atoms with Gasteiger partial charge in [-0.1, -0.05) is 22.0 Å². The summed E-state index contributed by atoms with van der Waals surface area (Å²) in [6.45, 7) is 0. The molecular formula is C15H16BrNO3. The number of hydrogen-bond acceptors (Lipinski definition) is 2. The molecule has 3 rings (SSSR count). The van der Waals surface area contributed by atoms with E-state index in [2.05, 4.69) is 15.9 Å². The number of carbonyl (C=O) groups excluding carboxylic acids is 1. The number of amides is 1. The number of nitrogens with zero attached hydrogens (tertiary/aromatic N) is 1. The molecule has 0 heterocycles. The highest BCUT2D eigenvalue weighted by atomic mass is 79.9. The fourth-order valence-electron chi connectivity index (χ4n) is 3.15. The van der Waals surface area contributed by atoms with Gasteiger partial charge in [0.25, 0.3) is 0 Å². The molecule has 0 spiro atoms. The Labute approximate surface area is 125 Å². The fourth-order valence-corrected chi connectivity index (χ4v) is 3.56. The van der Waals surface area contributed by atoms with E-state index < -0.39 is 11.5 Å². The van der Waals surface area contributed by atoms with Gasteiger partial charge in [0.2, 0.25) is 6.41 Å². The lowest BCUT2D eigenvalue weighted by Gasteiger charge is -2.42. The van der Waals surface area contributed by atoms with Crippen LogP contribution in [0.4, 0.5) is 0 Å². The lowest BCUT2D eigenvalue weighted by Crippen LogP contribution is -2.58. The van der Waals surface area contributed by atoms with E-state index in [4.69, 9.17) is 0 Å². The Morgan fingerprint density at radius 3 is 2.75 bits per heavy atom. The van der Waals surface area contributed by atoms with Crippen molar-refractivity contribution in [1.29, 1.82) is 0 Å². The summed E-state index contributed by atoms with van der Waals surface area (Å²) in [6, 6.07) is 6.05. The third-order valence-electron chi connectivity index (χ3n) is 4.41. The summed E-state index contributed by atoms with van der Waals surface area (Å²) in [5.74, 6) is -0.884. The minimum absolute atomic E-state index is 0.112. The number of hydrogen-bond donors (Lipinski definition) is 1. The zero-order valence-electron chi connectivity index (χ0n) is 11.0. The number of aryl methyl sites for hydroxylation is 1. The maximum Gasteiger partial charge on any atom is 0.329 e. The number of halogens is 1. The van der Waals surface area contributed by atoms with Crippen LogP contribution in [0.1, 0.15) is 30.4 Å². The van der Waals surface area contributed by atoms with Gasteiger partial charge in [0, 0.05) is 16.9 Å². The molecule has 0 saturated heterocycles. The summed E-state index contributed by atoms with van der Waals surface area (Å²) in [4.78, 5) is 24.8. The molecule has 1 aromatic carbocycles. The van der Waals surface area contributed by atoms with Crippen molar-refractivity contribution in [3.8, 4) is 0 Å². The third kappa shape index (κ3) is 2.14. The number of benzene rings is 1. The maximum absolute atomic E-state index is 11.9. The van der Waals surface area contributed by atoms with Crippen molar-refractivity contribution in [1.82, 2.24) is 4.90 Å². The lowest BCUT2D eigenvalue weighted by atomic mass is 9.76. The average molecular weight is 338 g/mol. The van der Waals surface area contributed by atoms with Crippen LogP contribution in [0.15, 0.2) is 22.7 Å². The number of fused-ring (bicyclic) bond motifs is 1. The highest BCUT2D eigenvalue weighted by molar-refractivity contribution is 9.10. The van der Waals surface area contributed by atoms with Crippen molar-refractivity contribution in [2.45, 2.75) is 43.7 Å². The molecule has 0 radical (unpaired) electrons. The Hall–Kier alpha value is -1.36. The van der Waals surface area contributed by atoms with Crippen molar-refractivity contribution in [2.75, 3.05) is 0 Å². The predicted molar refractivity (Wildman–Crippen MR) is 77.5 cm³/mol. The van der Waals surface area contributed by atoms with Gasteiger partial charge in [0.05, 0.1) is 0 Å². The maximum atomic E-state index is 11.9. The van der Waals surface area contributed by atoms with Crippen LogP contribution in [0.3, 0.4) is 0 Å². The molecular weight excluding hydrogens is 322 g/mol. The van der Waals surface area contributed by atoms with Crippen LogP contribution in [0.5, 0.6) is 0 Å². The van der Waals surface area contributed by atoms with Crippen LogP contribution in [-0.4, -0.2) is 34.0 Å². The number of rotatable bonds is 4. The van der Waals surface area contributed by atoms with E-state index in [0.717, 1.165) is 29.3 Å². The van der Waals surface area contributed by atoms with Crippen molar-refractivity contribution in [3.63, 3.8) is 0 Å². The van der Waals surface area contributed by atoms with E-state index in [1.807, 2.05) is 18.2 Å². The smallest absolute Gasteiger partial charge is 0.329 e. The SMILES string of the molecule is O=CN(C1CC1)C1(C(=O)O)CCc2cc(Br)ccc2C1. The Morgan fingerprint density at radius 1 is 1.40 bits per heavy atom. The quantitative estimate of drug-likeness (QED) is 0.858. The highest BCUT2D eigenvalue weighted by Crippen LogP contribution is 2.40. The minimum atomic E-state index is -1.07. The molecule has 1 aromatic rings. The van der Waals surface area contributed by atoms with Gasteiger partial charge in [-0.3, -0.25) is 4.79 Å². The van der Waals surface area contributed by atoms with Gasteiger partial charge in [-0.05, 0) is 48.9 Å². The molecule has 106 valence electrons. The molecule has 0 aliphatic heterocycles. The summed E-state index contributed by atoms with van der Waals surface area (Å²) in [7, 11) is 0. The topological polar surface area (TPSA) is 57.6 Å². The second-order valence-electron chi connectivity index (χ2n) is 5.67. The second kappa shape index (κ2) is 4.88. The number of carboxylic acid groups (broad SMARTS) is 1.